The minimum absolute atomic E-state index is 0.0428. The number of hydrogen-bond donors (Lipinski definition) is 2. The number of ether oxygens (including phenoxy) is 1. The van der Waals surface area contributed by atoms with Gasteiger partial charge in [-0.1, -0.05) is 12.1 Å². The lowest BCUT2D eigenvalue weighted by atomic mass is 10.1. The van der Waals surface area contributed by atoms with Crippen molar-refractivity contribution in [3.8, 4) is 0 Å². The molecule has 0 unspecified atom stereocenters. The lowest BCUT2D eigenvalue weighted by Gasteiger charge is -2.17. The molecular weight excluding hydrogens is 354 g/mol. The van der Waals surface area contributed by atoms with Gasteiger partial charge in [0.25, 0.3) is 5.91 Å². The molecule has 2 N–H and O–H groups in total. The van der Waals surface area contributed by atoms with Gasteiger partial charge in [-0.05, 0) is 50.5 Å². The predicted octanol–water partition coefficient (Wildman–Crippen LogP) is 2.99. The van der Waals surface area contributed by atoms with Crippen LogP contribution in [0.2, 0.25) is 0 Å². The highest BCUT2D eigenvalue weighted by Crippen LogP contribution is 2.20. The number of aliphatic hydroxyl groups excluding tert-OH is 1. The normalized spacial score (nSPS) is 12.1. The zero-order valence-electron chi connectivity index (χ0n) is 11.3. The number of carbonyl (C=O) groups excluding carboxylic acids is 1. The van der Waals surface area contributed by atoms with Crippen LogP contribution in [0.4, 0.5) is 0 Å². The van der Waals surface area contributed by atoms with Crippen LogP contribution in [0.15, 0.2) is 45.6 Å². The van der Waals surface area contributed by atoms with Gasteiger partial charge in [-0.3, -0.25) is 4.79 Å². The Bertz CT molecular complexity index is 574. The Labute approximate surface area is 135 Å². The number of hydrogen-bond acceptors (Lipinski definition) is 4. The van der Waals surface area contributed by atoms with Crippen LogP contribution >= 0.6 is 27.3 Å². The number of aliphatic hydroxyl groups is 1. The SMILES string of the molecule is O=C(NC[C@H](OCCO)c1ccsc1)c1ccccc1Br. The Hall–Kier alpha value is -1.21. The van der Waals surface area contributed by atoms with Crippen molar-refractivity contribution in [2.45, 2.75) is 6.10 Å². The van der Waals surface area contributed by atoms with Crippen molar-refractivity contribution < 1.29 is 14.6 Å². The van der Waals surface area contributed by atoms with E-state index in [9.17, 15) is 4.79 Å². The molecule has 1 amide bonds. The minimum atomic E-state index is -0.255. The molecule has 0 aliphatic heterocycles. The fourth-order valence-corrected chi connectivity index (χ4v) is 3.02. The van der Waals surface area contributed by atoms with Crippen LogP contribution in [-0.2, 0) is 4.74 Å². The summed E-state index contributed by atoms with van der Waals surface area (Å²) in [6, 6.07) is 9.22. The topological polar surface area (TPSA) is 58.6 Å². The third-order valence-corrected chi connectivity index (χ3v) is 4.28. The number of nitrogens with one attached hydrogen (secondary N) is 1. The molecule has 0 aliphatic rings. The smallest absolute Gasteiger partial charge is 0.252 e. The van der Waals surface area contributed by atoms with Gasteiger partial charge in [0.05, 0.1) is 18.8 Å². The number of carbonyl (C=O) groups is 1. The van der Waals surface area contributed by atoms with Crippen LogP contribution in [0.3, 0.4) is 0 Å². The van der Waals surface area contributed by atoms with Crippen LogP contribution in [0.25, 0.3) is 0 Å². The number of rotatable bonds is 7. The van der Waals surface area contributed by atoms with Crippen LogP contribution in [0.1, 0.15) is 22.0 Å². The van der Waals surface area contributed by atoms with E-state index in [4.69, 9.17) is 9.84 Å². The van der Waals surface area contributed by atoms with Gasteiger partial charge in [0.15, 0.2) is 0 Å². The zero-order valence-corrected chi connectivity index (χ0v) is 13.7. The van der Waals surface area contributed by atoms with Crippen molar-refractivity contribution in [1.29, 1.82) is 0 Å². The van der Waals surface area contributed by atoms with Crippen molar-refractivity contribution in [3.63, 3.8) is 0 Å². The van der Waals surface area contributed by atoms with E-state index in [2.05, 4.69) is 21.2 Å². The van der Waals surface area contributed by atoms with Gasteiger partial charge < -0.3 is 15.2 Å². The molecule has 0 fully saturated rings. The van der Waals surface area contributed by atoms with E-state index in [1.165, 1.54) is 0 Å². The minimum Gasteiger partial charge on any atom is -0.394 e. The maximum absolute atomic E-state index is 12.2. The van der Waals surface area contributed by atoms with Crippen molar-refractivity contribution in [3.05, 3.63) is 56.7 Å². The van der Waals surface area contributed by atoms with Gasteiger partial charge in [-0.2, -0.15) is 11.3 Å². The van der Waals surface area contributed by atoms with Crippen molar-refractivity contribution >= 4 is 33.2 Å². The Kier molecular flexibility index (Phi) is 6.38. The molecule has 2 aromatic rings. The third kappa shape index (κ3) is 4.64. The summed E-state index contributed by atoms with van der Waals surface area (Å²) in [6.45, 7) is 0.557. The largest absolute Gasteiger partial charge is 0.394 e. The van der Waals surface area contributed by atoms with Gasteiger partial charge in [-0.15, -0.1) is 0 Å². The highest BCUT2D eigenvalue weighted by atomic mass is 79.9. The summed E-state index contributed by atoms with van der Waals surface area (Å²) in [5, 5.41) is 15.7. The van der Waals surface area contributed by atoms with Crippen LogP contribution < -0.4 is 5.32 Å². The van der Waals surface area contributed by atoms with E-state index < -0.39 is 0 Å². The molecular formula is C15H16BrNO3S. The number of halogens is 1. The Morgan fingerprint density at radius 1 is 1.38 bits per heavy atom. The quantitative estimate of drug-likeness (QED) is 0.788. The van der Waals surface area contributed by atoms with Gasteiger partial charge >= 0.3 is 0 Å². The monoisotopic (exact) mass is 369 g/mol. The summed E-state index contributed by atoms with van der Waals surface area (Å²) in [4.78, 5) is 12.2. The van der Waals surface area contributed by atoms with Crippen molar-refractivity contribution in [1.82, 2.24) is 5.32 Å². The molecule has 2 rings (SSSR count). The Morgan fingerprint density at radius 2 is 2.19 bits per heavy atom. The average Bonchev–Trinajstić information content (AvgIpc) is 3.01. The molecule has 4 nitrogen and oxygen atoms in total. The molecule has 0 bridgehead atoms. The molecule has 1 heterocycles. The van der Waals surface area contributed by atoms with E-state index in [0.717, 1.165) is 10.0 Å². The first kappa shape index (κ1) is 16.2. The molecule has 0 saturated carbocycles. The Balaban J connectivity index is 1.98. The average molecular weight is 370 g/mol. The van der Waals surface area contributed by atoms with E-state index in [1.54, 1.807) is 17.4 Å². The molecule has 0 aliphatic carbocycles. The molecule has 0 saturated heterocycles. The Morgan fingerprint density at radius 3 is 2.86 bits per heavy atom. The van der Waals surface area contributed by atoms with Crippen LogP contribution in [-0.4, -0.2) is 30.8 Å². The van der Waals surface area contributed by atoms with Gasteiger partial charge in [0, 0.05) is 11.0 Å². The molecule has 1 atom stereocenters. The van der Waals surface area contributed by atoms with Crippen LogP contribution in [0, 0.1) is 0 Å². The first-order valence-electron chi connectivity index (χ1n) is 6.49. The summed E-state index contributed by atoms with van der Waals surface area (Å²) in [6.07, 6.45) is -0.255. The van der Waals surface area contributed by atoms with Crippen molar-refractivity contribution in [2.75, 3.05) is 19.8 Å². The van der Waals surface area contributed by atoms with Crippen LogP contribution in [0.5, 0.6) is 0 Å². The molecule has 6 heteroatoms. The number of thiophene rings is 1. The maximum atomic E-state index is 12.2. The summed E-state index contributed by atoms with van der Waals surface area (Å²) in [7, 11) is 0. The summed E-state index contributed by atoms with van der Waals surface area (Å²) in [5.41, 5.74) is 1.59. The van der Waals surface area contributed by atoms with E-state index in [0.29, 0.717) is 12.1 Å². The molecule has 21 heavy (non-hydrogen) atoms. The molecule has 1 aromatic carbocycles. The predicted molar refractivity (Wildman–Crippen MR) is 86.6 cm³/mol. The van der Waals surface area contributed by atoms with E-state index in [-0.39, 0.29) is 25.2 Å². The van der Waals surface area contributed by atoms with E-state index >= 15 is 0 Å². The van der Waals surface area contributed by atoms with E-state index in [1.807, 2.05) is 35.0 Å². The fourth-order valence-electron chi connectivity index (χ4n) is 1.85. The summed E-state index contributed by atoms with van der Waals surface area (Å²) in [5.74, 6) is -0.157. The molecule has 1 aromatic heterocycles. The van der Waals surface area contributed by atoms with Gasteiger partial charge in [0.2, 0.25) is 0 Å². The second-order valence-electron chi connectivity index (χ2n) is 4.33. The summed E-state index contributed by atoms with van der Waals surface area (Å²) >= 11 is 4.93. The zero-order chi connectivity index (χ0) is 15.1. The second-order valence-corrected chi connectivity index (χ2v) is 5.96. The molecule has 112 valence electrons. The van der Waals surface area contributed by atoms with Gasteiger partial charge in [0.1, 0.15) is 6.10 Å². The maximum Gasteiger partial charge on any atom is 0.252 e. The highest BCUT2D eigenvalue weighted by molar-refractivity contribution is 9.10. The molecule has 0 radical (unpaired) electrons. The second kappa shape index (κ2) is 8.29. The fraction of sp³-hybridized carbons (Fsp3) is 0.267. The first-order chi connectivity index (χ1) is 10.2. The van der Waals surface area contributed by atoms with Gasteiger partial charge in [-0.25, -0.2) is 0 Å². The lowest BCUT2D eigenvalue weighted by Crippen LogP contribution is -2.30. The molecule has 0 spiro atoms. The van der Waals surface area contributed by atoms with Crippen molar-refractivity contribution in [2.24, 2.45) is 0 Å². The third-order valence-electron chi connectivity index (χ3n) is 2.89. The summed E-state index contributed by atoms with van der Waals surface area (Å²) < 4.78 is 6.34. The highest BCUT2D eigenvalue weighted by Gasteiger charge is 2.15. The first-order valence-corrected chi connectivity index (χ1v) is 8.23. The number of benzene rings is 1. The standard InChI is InChI=1S/C15H16BrNO3S/c16-13-4-2-1-3-12(13)15(19)17-9-14(20-7-6-18)11-5-8-21-10-11/h1-5,8,10,14,18H,6-7,9H2,(H,17,19)/t14-/m0/s1. The lowest BCUT2D eigenvalue weighted by molar-refractivity contribution is 0.0279. The number of amides is 1.